The van der Waals surface area contributed by atoms with Crippen LogP contribution in [0.3, 0.4) is 0 Å². The number of piperazine rings is 1. The standard InChI is InChI=1S/C27H32ClN5O4/c1-4-37-25(34)23-22(31(3)26(35)30-24(23)19-9-8-10-20(28)15-19)17-32-13-14-33(18(2)16-32)27(36)29-21-11-6-5-7-12-21/h5-12,15,18,24H,4,13-14,16-17H2,1-3H3,(H,29,36)(H,30,35)/t18-,24-/m1/s1. The molecule has 0 bridgehead atoms. The maximum atomic E-state index is 13.2. The largest absolute Gasteiger partial charge is 0.463 e. The smallest absolute Gasteiger partial charge is 0.338 e. The Balaban J connectivity index is 1.56. The van der Waals surface area contributed by atoms with E-state index in [-0.39, 0.29) is 24.7 Å². The molecule has 2 atom stereocenters. The second-order valence-electron chi connectivity index (χ2n) is 9.15. The van der Waals surface area contributed by atoms with Crippen molar-refractivity contribution in [1.29, 1.82) is 0 Å². The number of rotatable bonds is 6. The number of carbonyl (C=O) groups is 3. The summed E-state index contributed by atoms with van der Waals surface area (Å²) in [6.07, 6.45) is 0. The van der Waals surface area contributed by atoms with Gasteiger partial charge in [0.1, 0.15) is 0 Å². The molecule has 2 N–H and O–H groups in total. The molecule has 4 amide bonds. The van der Waals surface area contributed by atoms with Crippen LogP contribution >= 0.6 is 11.6 Å². The van der Waals surface area contributed by atoms with E-state index in [1.165, 1.54) is 4.90 Å². The van der Waals surface area contributed by atoms with E-state index in [0.717, 1.165) is 5.69 Å². The fourth-order valence-corrected chi connectivity index (χ4v) is 4.94. The monoisotopic (exact) mass is 525 g/mol. The Bertz CT molecular complexity index is 1190. The highest BCUT2D eigenvalue weighted by Crippen LogP contribution is 2.32. The minimum absolute atomic E-state index is 0.0736. The molecule has 1 saturated heterocycles. The maximum Gasteiger partial charge on any atom is 0.338 e. The molecule has 1 fully saturated rings. The van der Waals surface area contributed by atoms with Crippen molar-refractivity contribution in [3.8, 4) is 0 Å². The highest BCUT2D eigenvalue weighted by Gasteiger charge is 2.38. The lowest BCUT2D eigenvalue weighted by Crippen LogP contribution is -2.56. The third-order valence-corrected chi connectivity index (χ3v) is 6.86. The number of likely N-dealkylation sites (N-methyl/N-ethyl adjacent to an activating group) is 1. The number of ether oxygens (including phenoxy) is 1. The molecular weight excluding hydrogens is 494 g/mol. The van der Waals surface area contributed by atoms with Gasteiger partial charge in [0.25, 0.3) is 0 Å². The van der Waals surface area contributed by atoms with E-state index in [1.54, 1.807) is 37.1 Å². The SMILES string of the molecule is CCOC(=O)C1=C(CN2CCN(C(=O)Nc3ccccc3)[C@H](C)C2)N(C)C(=O)N[C@@H]1c1cccc(Cl)c1. The zero-order chi connectivity index (χ0) is 26.5. The number of hydrogen-bond acceptors (Lipinski definition) is 5. The Labute approximate surface area is 222 Å². The molecule has 0 unspecified atom stereocenters. The molecule has 0 saturated carbocycles. The van der Waals surface area contributed by atoms with Crippen LogP contribution in [0, 0.1) is 0 Å². The van der Waals surface area contributed by atoms with Gasteiger partial charge in [0, 0.05) is 55.7 Å². The number of para-hydroxylation sites is 1. The molecule has 0 radical (unpaired) electrons. The lowest BCUT2D eigenvalue weighted by Gasteiger charge is -2.42. The van der Waals surface area contributed by atoms with Gasteiger partial charge in [-0.2, -0.15) is 0 Å². The third-order valence-electron chi connectivity index (χ3n) is 6.63. The Hall–Kier alpha value is -3.56. The summed E-state index contributed by atoms with van der Waals surface area (Å²) < 4.78 is 5.41. The molecular formula is C27H32ClN5O4. The maximum absolute atomic E-state index is 13.2. The number of anilines is 1. The molecule has 2 aliphatic heterocycles. The van der Waals surface area contributed by atoms with E-state index in [0.29, 0.717) is 48.0 Å². The van der Waals surface area contributed by atoms with Crippen LogP contribution in [-0.4, -0.2) is 78.6 Å². The molecule has 0 aromatic heterocycles. The molecule has 2 aromatic carbocycles. The first-order chi connectivity index (χ1) is 17.8. The van der Waals surface area contributed by atoms with Crippen LogP contribution in [0.1, 0.15) is 25.5 Å². The van der Waals surface area contributed by atoms with Crippen molar-refractivity contribution < 1.29 is 19.1 Å². The second kappa shape index (κ2) is 11.7. The minimum Gasteiger partial charge on any atom is -0.463 e. The number of amides is 4. The molecule has 10 heteroatoms. The van der Waals surface area contributed by atoms with Gasteiger partial charge in [0.2, 0.25) is 0 Å². The van der Waals surface area contributed by atoms with E-state index >= 15 is 0 Å². The van der Waals surface area contributed by atoms with Gasteiger partial charge in [-0.3, -0.25) is 9.80 Å². The van der Waals surface area contributed by atoms with Crippen molar-refractivity contribution >= 4 is 35.3 Å². The zero-order valence-electron chi connectivity index (χ0n) is 21.2. The first-order valence-corrected chi connectivity index (χ1v) is 12.7. The van der Waals surface area contributed by atoms with Crippen LogP contribution < -0.4 is 10.6 Å². The molecule has 2 aliphatic rings. The summed E-state index contributed by atoms with van der Waals surface area (Å²) in [7, 11) is 1.64. The quantitative estimate of drug-likeness (QED) is 0.554. The van der Waals surface area contributed by atoms with Crippen molar-refractivity contribution in [3.05, 3.63) is 76.5 Å². The molecule has 2 aromatic rings. The summed E-state index contributed by atoms with van der Waals surface area (Å²) in [5.74, 6) is -0.483. The Morgan fingerprint density at radius 3 is 2.57 bits per heavy atom. The molecule has 9 nitrogen and oxygen atoms in total. The van der Waals surface area contributed by atoms with E-state index in [1.807, 2.05) is 43.3 Å². The molecule has 4 rings (SSSR count). The van der Waals surface area contributed by atoms with Crippen molar-refractivity contribution in [2.45, 2.75) is 25.9 Å². The second-order valence-corrected chi connectivity index (χ2v) is 9.59. The summed E-state index contributed by atoms with van der Waals surface area (Å²) in [6.45, 7) is 5.98. The van der Waals surface area contributed by atoms with E-state index < -0.39 is 12.0 Å². The summed E-state index contributed by atoms with van der Waals surface area (Å²) >= 11 is 6.21. The van der Waals surface area contributed by atoms with Gasteiger partial charge in [-0.15, -0.1) is 0 Å². The number of urea groups is 2. The van der Waals surface area contributed by atoms with Crippen LogP contribution in [0.5, 0.6) is 0 Å². The van der Waals surface area contributed by atoms with Gasteiger partial charge in [0.05, 0.1) is 18.2 Å². The topological polar surface area (TPSA) is 94.2 Å². The molecule has 2 heterocycles. The van der Waals surface area contributed by atoms with E-state index in [2.05, 4.69) is 15.5 Å². The average molecular weight is 526 g/mol. The number of halogens is 1. The number of nitrogens with one attached hydrogen (secondary N) is 2. The summed E-state index contributed by atoms with van der Waals surface area (Å²) in [6, 6.07) is 15.2. The summed E-state index contributed by atoms with van der Waals surface area (Å²) in [5, 5.41) is 6.36. The molecule has 0 spiro atoms. The molecule has 0 aliphatic carbocycles. The van der Waals surface area contributed by atoms with Crippen LogP contribution in [0.4, 0.5) is 15.3 Å². The van der Waals surface area contributed by atoms with E-state index in [9.17, 15) is 14.4 Å². The number of hydrogen-bond donors (Lipinski definition) is 2. The number of carbonyl (C=O) groups excluding carboxylic acids is 3. The lowest BCUT2D eigenvalue weighted by molar-refractivity contribution is -0.139. The predicted octanol–water partition coefficient (Wildman–Crippen LogP) is 4.09. The van der Waals surface area contributed by atoms with Gasteiger partial charge >= 0.3 is 18.0 Å². The lowest BCUT2D eigenvalue weighted by atomic mass is 9.94. The van der Waals surface area contributed by atoms with Crippen molar-refractivity contribution in [3.63, 3.8) is 0 Å². The fourth-order valence-electron chi connectivity index (χ4n) is 4.74. The third kappa shape index (κ3) is 6.06. The van der Waals surface area contributed by atoms with Crippen LogP contribution in [0.25, 0.3) is 0 Å². The fraction of sp³-hybridized carbons (Fsp3) is 0.370. The Morgan fingerprint density at radius 1 is 1.14 bits per heavy atom. The molecule has 37 heavy (non-hydrogen) atoms. The van der Waals surface area contributed by atoms with Gasteiger partial charge in [0.15, 0.2) is 0 Å². The predicted molar refractivity (Wildman–Crippen MR) is 142 cm³/mol. The van der Waals surface area contributed by atoms with Crippen LogP contribution in [-0.2, 0) is 9.53 Å². The van der Waals surface area contributed by atoms with Gasteiger partial charge < -0.3 is 20.3 Å². The van der Waals surface area contributed by atoms with Crippen molar-refractivity contribution in [2.75, 3.05) is 45.2 Å². The summed E-state index contributed by atoms with van der Waals surface area (Å²) in [5.41, 5.74) is 2.39. The van der Waals surface area contributed by atoms with Crippen molar-refractivity contribution in [2.24, 2.45) is 0 Å². The number of benzene rings is 2. The normalized spacial score (nSPS) is 20.5. The number of esters is 1. The first kappa shape index (κ1) is 26.5. The number of nitrogens with zero attached hydrogens (tertiary/aromatic N) is 3. The first-order valence-electron chi connectivity index (χ1n) is 12.3. The van der Waals surface area contributed by atoms with Crippen LogP contribution in [0.15, 0.2) is 65.9 Å². The minimum atomic E-state index is -0.688. The van der Waals surface area contributed by atoms with E-state index in [4.69, 9.17) is 16.3 Å². The molecule has 196 valence electrons. The highest BCUT2D eigenvalue weighted by atomic mass is 35.5. The Morgan fingerprint density at radius 2 is 1.89 bits per heavy atom. The van der Waals surface area contributed by atoms with Crippen LogP contribution in [0.2, 0.25) is 5.02 Å². The Kier molecular flexibility index (Phi) is 8.35. The highest BCUT2D eigenvalue weighted by molar-refractivity contribution is 6.30. The van der Waals surface area contributed by atoms with Crippen molar-refractivity contribution in [1.82, 2.24) is 20.0 Å². The van der Waals surface area contributed by atoms with Gasteiger partial charge in [-0.1, -0.05) is 41.9 Å². The van der Waals surface area contributed by atoms with Gasteiger partial charge in [-0.05, 0) is 43.7 Å². The van der Waals surface area contributed by atoms with Gasteiger partial charge in [-0.25, -0.2) is 14.4 Å². The average Bonchev–Trinajstić information content (AvgIpc) is 2.87. The zero-order valence-corrected chi connectivity index (χ0v) is 22.0. The summed E-state index contributed by atoms with van der Waals surface area (Å²) in [4.78, 5) is 44.4.